The monoisotopic (exact) mass is 341 g/mol. The highest BCUT2D eigenvalue weighted by molar-refractivity contribution is 5.85. The lowest BCUT2D eigenvalue weighted by molar-refractivity contribution is -0.0592. The molecule has 2 aliphatic heterocycles. The maximum Gasteiger partial charge on any atom is 0.161 e. The van der Waals surface area contributed by atoms with E-state index in [1.54, 1.807) is 13.3 Å². The molecule has 2 aromatic rings. The van der Waals surface area contributed by atoms with Gasteiger partial charge in [0.15, 0.2) is 11.5 Å². The van der Waals surface area contributed by atoms with Gasteiger partial charge in [-0.2, -0.15) is 0 Å². The summed E-state index contributed by atoms with van der Waals surface area (Å²) in [7, 11) is 1.60. The van der Waals surface area contributed by atoms with Crippen LogP contribution in [0.5, 0.6) is 11.5 Å². The van der Waals surface area contributed by atoms with Crippen LogP contribution < -0.4 is 14.8 Å². The molecule has 0 saturated carbocycles. The highest BCUT2D eigenvalue weighted by Crippen LogP contribution is 2.42. The Kier molecular flexibility index (Phi) is 4.15. The number of hydrogen-bond acceptors (Lipinski definition) is 5. The molecule has 4 rings (SSSR count). The Hall–Kier alpha value is -2.44. The van der Waals surface area contributed by atoms with Crippen molar-refractivity contribution in [2.75, 3.05) is 20.3 Å². The predicted molar refractivity (Wildman–Crippen MR) is 94.1 cm³/mol. The average Bonchev–Trinajstić information content (AvgIpc) is 3.19. The molecule has 6 heteroatoms. The minimum Gasteiger partial charge on any atom is -0.493 e. The molecule has 2 aromatic carbocycles. The van der Waals surface area contributed by atoms with Gasteiger partial charge in [0.05, 0.1) is 25.6 Å². The van der Waals surface area contributed by atoms with Gasteiger partial charge in [-0.15, -0.1) is 9.60 Å². The summed E-state index contributed by atoms with van der Waals surface area (Å²) >= 11 is 0. The number of halogens is 1. The highest BCUT2D eigenvalue weighted by atomic mass is 19.2. The molecule has 1 spiro atoms. The van der Waals surface area contributed by atoms with E-state index in [1.807, 2.05) is 48.5 Å². The number of rotatable bonds is 5. The van der Waals surface area contributed by atoms with Crippen LogP contribution in [0.2, 0.25) is 0 Å². The van der Waals surface area contributed by atoms with E-state index in [4.69, 9.17) is 9.47 Å². The topological polar surface area (TPSA) is 46.1 Å². The van der Waals surface area contributed by atoms with E-state index in [1.165, 1.54) is 0 Å². The van der Waals surface area contributed by atoms with Crippen LogP contribution in [0.3, 0.4) is 0 Å². The zero-order chi connectivity index (χ0) is 17.3. The zero-order valence-electron chi connectivity index (χ0n) is 14.0. The van der Waals surface area contributed by atoms with Gasteiger partial charge < -0.3 is 9.47 Å². The minimum atomic E-state index is -0.814. The molecule has 0 aromatic heterocycles. The fourth-order valence-electron chi connectivity index (χ4n) is 3.45. The van der Waals surface area contributed by atoms with Gasteiger partial charge >= 0.3 is 0 Å². The van der Waals surface area contributed by atoms with Crippen molar-refractivity contribution in [3.05, 3.63) is 54.1 Å². The van der Waals surface area contributed by atoms with Crippen molar-refractivity contribution in [1.82, 2.24) is 10.4 Å². The van der Waals surface area contributed by atoms with E-state index < -0.39 is 11.7 Å². The summed E-state index contributed by atoms with van der Waals surface area (Å²) in [5, 5.41) is 4.11. The molecule has 0 bridgehead atoms. The van der Waals surface area contributed by atoms with Crippen LogP contribution in [0.4, 0.5) is 10.2 Å². The van der Waals surface area contributed by atoms with E-state index in [9.17, 15) is 0 Å². The molecule has 1 fully saturated rings. The summed E-state index contributed by atoms with van der Waals surface area (Å²) < 4.78 is 26.1. The Morgan fingerprint density at radius 1 is 1.20 bits per heavy atom. The number of fused-ring (bicyclic) bond motifs is 2. The van der Waals surface area contributed by atoms with Crippen LogP contribution in [0, 0.1) is 0 Å². The van der Waals surface area contributed by atoms with Crippen LogP contribution in [0.25, 0.3) is 0 Å². The first kappa shape index (κ1) is 16.1. The van der Waals surface area contributed by atoms with Crippen LogP contribution in [0.15, 0.2) is 53.5 Å². The van der Waals surface area contributed by atoms with Gasteiger partial charge in [0, 0.05) is 24.7 Å². The fraction of sp³-hybridized carbons (Fsp3) is 0.316. The molecule has 1 N–H and O–H groups in total. The second-order valence-corrected chi connectivity index (χ2v) is 6.20. The quantitative estimate of drug-likeness (QED) is 0.849. The molecular formula is C19H20FN3O2. The average molecular weight is 341 g/mol. The minimum absolute atomic E-state index is 0.382. The second-order valence-electron chi connectivity index (χ2n) is 6.20. The van der Waals surface area contributed by atoms with Crippen molar-refractivity contribution in [2.45, 2.75) is 18.1 Å². The third-order valence-corrected chi connectivity index (χ3v) is 4.77. The third-order valence-electron chi connectivity index (χ3n) is 4.77. The molecule has 0 amide bonds. The molecule has 1 unspecified atom stereocenters. The zero-order valence-corrected chi connectivity index (χ0v) is 14.0. The molecule has 2 aliphatic rings. The predicted octanol–water partition coefficient (Wildman–Crippen LogP) is 3.19. The van der Waals surface area contributed by atoms with Crippen LogP contribution >= 0.6 is 0 Å². The largest absolute Gasteiger partial charge is 0.493 e. The lowest BCUT2D eigenvalue weighted by Crippen LogP contribution is -2.41. The molecule has 130 valence electrons. The van der Waals surface area contributed by atoms with E-state index in [0.717, 1.165) is 16.4 Å². The number of aliphatic imine (C=N–C) groups is 1. The van der Waals surface area contributed by atoms with Crippen molar-refractivity contribution >= 4 is 11.9 Å². The Morgan fingerprint density at radius 3 is 2.80 bits per heavy atom. The van der Waals surface area contributed by atoms with Gasteiger partial charge in [0.2, 0.25) is 0 Å². The Bertz CT molecular complexity index is 798. The maximum atomic E-state index is 15.1. The van der Waals surface area contributed by atoms with Gasteiger partial charge in [0.25, 0.3) is 0 Å². The lowest BCUT2D eigenvalue weighted by atomic mass is 9.93. The SMILES string of the molecule is COc1ccccc1OCC[C@@H]1NCC2(C=Nc3ccccc32)N1F. The van der Waals surface area contributed by atoms with Gasteiger partial charge in [-0.1, -0.05) is 30.3 Å². The first-order chi connectivity index (χ1) is 12.2. The number of nitrogens with one attached hydrogen (secondary N) is 1. The molecule has 1 saturated heterocycles. The summed E-state index contributed by atoms with van der Waals surface area (Å²) in [5.74, 6) is 1.34. The Balaban J connectivity index is 1.42. The van der Waals surface area contributed by atoms with E-state index in [0.29, 0.717) is 31.1 Å². The van der Waals surface area contributed by atoms with Gasteiger partial charge in [-0.3, -0.25) is 10.3 Å². The first-order valence-corrected chi connectivity index (χ1v) is 8.34. The number of para-hydroxylation sites is 3. The molecule has 2 atom stereocenters. The van der Waals surface area contributed by atoms with Crippen molar-refractivity contribution in [2.24, 2.45) is 4.99 Å². The number of hydrogen-bond donors (Lipinski definition) is 1. The molecule has 0 radical (unpaired) electrons. The number of methoxy groups -OCH3 is 1. The molecular weight excluding hydrogens is 321 g/mol. The summed E-state index contributed by atoms with van der Waals surface area (Å²) in [4.78, 5) is 4.38. The summed E-state index contributed by atoms with van der Waals surface area (Å²) in [6.07, 6.45) is 1.78. The van der Waals surface area contributed by atoms with Crippen molar-refractivity contribution in [3.8, 4) is 11.5 Å². The number of nitrogens with zero attached hydrogens (tertiary/aromatic N) is 2. The lowest BCUT2D eigenvalue weighted by Gasteiger charge is -2.27. The molecule has 25 heavy (non-hydrogen) atoms. The Morgan fingerprint density at radius 2 is 1.96 bits per heavy atom. The third kappa shape index (κ3) is 2.67. The van der Waals surface area contributed by atoms with Crippen molar-refractivity contribution < 1.29 is 14.0 Å². The van der Waals surface area contributed by atoms with Crippen molar-refractivity contribution in [3.63, 3.8) is 0 Å². The number of ether oxygens (including phenoxy) is 2. The van der Waals surface area contributed by atoms with Crippen molar-refractivity contribution in [1.29, 1.82) is 0 Å². The van der Waals surface area contributed by atoms with E-state index >= 15 is 4.48 Å². The van der Waals surface area contributed by atoms with E-state index in [2.05, 4.69) is 10.3 Å². The highest BCUT2D eigenvalue weighted by Gasteiger charge is 2.50. The molecule has 0 aliphatic carbocycles. The van der Waals surface area contributed by atoms with Gasteiger partial charge in [-0.05, 0) is 18.2 Å². The smallest absolute Gasteiger partial charge is 0.161 e. The standard InChI is InChI=1S/C19H20FN3O2/c1-24-16-8-4-5-9-17(16)25-11-10-18-22-13-19(23(18)20)12-21-15-7-3-2-6-14(15)19/h2-9,12,18,22H,10-11,13H2,1H3/t18-,19?/m1/s1. The Labute approximate surface area is 146 Å². The molecule has 2 heterocycles. The number of benzene rings is 2. The fourth-order valence-corrected chi connectivity index (χ4v) is 3.45. The maximum absolute atomic E-state index is 15.1. The van der Waals surface area contributed by atoms with Crippen LogP contribution in [-0.4, -0.2) is 37.8 Å². The first-order valence-electron chi connectivity index (χ1n) is 8.34. The van der Waals surface area contributed by atoms with Crippen LogP contribution in [0.1, 0.15) is 12.0 Å². The second kappa shape index (κ2) is 6.46. The normalized spacial score (nSPS) is 24.6. The van der Waals surface area contributed by atoms with Gasteiger partial charge in [-0.25, -0.2) is 0 Å². The van der Waals surface area contributed by atoms with E-state index in [-0.39, 0.29) is 0 Å². The van der Waals surface area contributed by atoms with Crippen LogP contribution in [-0.2, 0) is 5.54 Å². The summed E-state index contributed by atoms with van der Waals surface area (Å²) in [6.45, 7) is 0.872. The summed E-state index contributed by atoms with van der Waals surface area (Å²) in [5.41, 5.74) is 0.919. The molecule has 5 nitrogen and oxygen atoms in total. The summed E-state index contributed by atoms with van der Waals surface area (Å²) in [6, 6.07) is 15.1. The van der Waals surface area contributed by atoms with Gasteiger partial charge in [0.1, 0.15) is 5.54 Å².